The predicted molar refractivity (Wildman–Crippen MR) is 227 cm³/mol. The van der Waals surface area contributed by atoms with Crippen molar-refractivity contribution >= 4 is 23.5 Å². The van der Waals surface area contributed by atoms with Gasteiger partial charge in [-0.3, -0.25) is 9.68 Å². The van der Waals surface area contributed by atoms with Crippen LogP contribution < -0.4 is 10.6 Å². The van der Waals surface area contributed by atoms with Crippen molar-refractivity contribution in [3.8, 4) is 0 Å². The highest BCUT2D eigenvalue weighted by Gasteiger charge is 2.50. The molecule has 0 aliphatic carbocycles. The van der Waals surface area contributed by atoms with Crippen molar-refractivity contribution in [2.45, 2.75) is 181 Å². The van der Waals surface area contributed by atoms with Crippen LogP contribution in [0.15, 0.2) is 60.7 Å². The predicted octanol–water partition coefficient (Wildman–Crippen LogP) is 11.6. The minimum Gasteiger partial charge on any atom is -0.351 e. The van der Waals surface area contributed by atoms with E-state index in [-0.39, 0.29) is 51.7 Å². The minimum absolute atomic E-state index is 0.0444. The third-order valence-electron chi connectivity index (χ3n) is 11.9. The molecule has 0 bridgehead atoms. The third-order valence-corrected chi connectivity index (χ3v) is 12.1. The number of aromatic nitrogens is 3. The molecule has 9 nitrogen and oxygen atoms in total. The van der Waals surface area contributed by atoms with Crippen LogP contribution in [0.3, 0.4) is 0 Å². The Balaban J connectivity index is 1.30. The number of anilines is 2. The molecular formula is C45H70ClN7O2. The van der Waals surface area contributed by atoms with Crippen LogP contribution in [-0.2, 0) is 9.68 Å². The largest absolute Gasteiger partial charge is 0.351 e. The van der Waals surface area contributed by atoms with E-state index >= 15 is 0 Å². The minimum atomic E-state index is -0.193. The molecule has 2 aromatic carbocycles. The van der Waals surface area contributed by atoms with Gasteiger partial charge in [-0.2, -0.15) is 25.1 Å². The Morgan fingerprint density at radius 1 is 0.600 bits per heavy atom. The first-order valence-corrected chi connectivity index (χ1v) is 21.2. The lowest BCUT2D eigenvalue weighted by atomic mass is 9.71. The molecule has 0 saturated carbocycles. The van der Waals surface area contributed by atoms with E-state index in [9.17, 15) is 0 Å². The van der Waals surface area contributed by atoms with E-state index in [1.165, 1.54) is 11.1 Å². The third kappa shape index (κ3) is 10.8. The summed E-state index contributed by atoms with van der Waals surface area (Å²) in [6, 6.07) is 21.3. The lowest BCUT2D eigenvalue weighted by Gasteiger charge is -2.56. The average Bonchev–Trinajstić information content (AvgIpc) is 3.10. The number of nitrogens with zero attached hydrogens (tertiary/aromatic N) is 5. The van der Waals surface area contributed by atoms with Gasteiger partial charge in [0.25, 0.3) is 0 Å². The van der Waals surface area contributed by atoms with Gasteiger partial charge in [0.1, 0.15) is 12.2 Å². The smallest absolute Gasteiger partial charge is 0.229 e. The van der Waals surface area contributed by atoms with Crippen LogP contribution in [0.4, 0.5) is 11.9 Å². The topological polar surface area (TPSA) is 87.7 Å². The molecule has 2 aliphatic heterocycles. The molecule has 4 atom stereocenters. The van der Waals surface area contributed by atoms with Crippen LogP contribution in [0.2, 0.25) is 5.28 Å². The second-order valence-electron chi connectivity index (χ2n) is 18.8. The Labute approximate surface area is 337 Å². The summed E-state index contributed by atoms with van der Waals surface area (Å²) in [5, 5.41) is 12.3. The second-order valence-corrected chi connectivity index (χ2v) is 19.2. The molecule has 2 fully saturated rings. The molecule has 4 unspecified atom stereocenters. The van der Waals surface area contributed by atoms with Gasteiger partial charge in [0, 0.05) is 34.2 Å². The van der Waals surface area contributed by atoms with E-state index in [4.69, 9.17) is 26.3 Å². The molecule has 0 spiro atoms. The quantitative estimate of drug-likeness (QED) is 0.148. The monoisotopic (exact) mass is 776 g/mol. The van der Waals surface area contributed by atoms with Crippen molar-refractivity contribution in [2.24, 2.45) is 11.8 Å². The van der Waals surface area contributed by atoms with Crippen LogP contribution in [0, 0.1) is 11.8 Å². The molecule has 5 rings (SSSR count). The number of halogens is 1. The van der Waals surface area contributed by atoms with E-state index in [0.29, 0.717) is 23.7 Å². The zero-order valence-electron chi connectivity index (χ0n) is 35.8. The van der Waals surface area contributed by atoms with Crippen LogP contribution in [-0.4, -0.2) is 59.3 Å². The Hall–Kier alpha value is -2.82. The molecule has 304 valence electrons. The van der Waals surface area contributed by atoms with Gasteiger partial charge in [-0.05, 0) is 142 Å². The summed E-state index contributed by atoms with van der Waals surface area (Å²) in [7, 11) is 0. The number of nitrogens with one attached hydrogen (secondary N) is 2. The Kier molecular flexibility index (Phi) is 14.0. The summed E-state index contributed by atoms with van der Waals surface area (Å²) in [6.45, 7) is 27.2. The van der Waals surface area contributed by atoms with Gasteiger partial charge in [0.05, 0.1) is 0 Å². The summed E-state index contributed by atoms with van der Waals surface area (Å²) in [5.74, 6) is 1.81. The number of hydrogen-bond acceptors (Lipinski definition) is 9. The molecule has 2 saturated heterocycles. The van der Waals surface area contributed by atoms with Gasteiger partial charge in [-0.1, -0.05) is 87.4 Å². The summed E-state index contributed by atoms with van der Waals surface area (Å²) < 4.78 is 0. The lowest BCUT2D eigenvalue weighted by Crippen LogP contribution is -2.62. The van der Waals surface area contributed by atoms with Crippen molar-refractivity contribution in [1.82, 2.24) is 25.1 Å². The van der Waals surface area contributed by atoms with Crippen LogP contribution >= 0.6 is 11.6 Å². The molecule has 2 N–H and O–H groups in total. The first-order chi connectivity index (χ1) is 25.8. The van der Waals surface area contributed by atoms with E-state index in [2.05, 4.69) is 162 Å². The molecule has 0 amide bonds. The molecule has 2 aliphatic rings. The maximum absolute atomic E-state index is 6.76. The van der Waals surface area contributed by atoms with Crippen molar-refractivity contribution in [1.29, 1.82) is 0 Å². The van der Waals surface area contributed by atoms with Crippen molar-refractivity contribution in [2.75, 3.05) is 10.6 Å². The van der Waals surface area contributed by atoms with Gasteiger partial charge < -0.3 is 10.6 Å². The lowest BCUT2D eigenvalue weighted by molar-refractivity contribution is -0.310. The second kappa shape index (κ2) is 17.8. The first-order valence-electron chi connectivity index (χ1n) is 20.8. The highest BCUT2D eigenvalue weighted by atomic mass is 35.5. The van der Waals surface area contributed by atoms with E-state index in [1.807, 2.05) is 12.1 Å². The van der Waals surface area contributed by atoms with Gasteiger partial charge in [-0.25, -0.2) is 0 Å². The van der Waals surface area contributed by atoms with Crippen molar-refractivity contribution < 1.29 is 9.68 Å². The van der Waals surface area contributed by atoms with Crippen LogP contribution in [0.1, 0.15) is 158 Å². The fourth-order valence-corrected chi connectivity index (χ4v) is 10.2. The van der Waals surface area contributed by atoms with Gasteiger partial charge in [-0.15, -0.1) is 0 Å². The average molecular weight is 777 g/mol. The fourth-order valence-electron chi connectivity index (χ4n) is 9.99. The zero-order valence-corrected chi connectivity index (χ0v) is 36.6. The standard InChI is InChI=1S/C45H70ClN7O2/c1-13-21-37(35-27-42(5,6)52(43(7,8)28-35)54-31(3)33-23-17-15-18-24-33)47-40-49-39(46)50-41(51-40)48-38(22-14-2)36-29-44(9,10)53(45(11,12)30-36)55-32(4)34-25-19-16-20-26-34/h15-20,23-26,31-32,35-38H,13-14,21-22,27-30H2,1-12H3,(H2,47,48,49,50,51). The highest BCUT2D eigenvalue weighted by molar-refractivity contribution is 6.28. The van der Waals surface area contributed by atoms with E-state index in [0.717, 1.165) is 51.4 Å². The van der Waals surface area contributed by atoms with E-state index in [1.54, 1.807) is 0 Å². The number of piperidine rings is 2. The SMILES string of the molecule is CCCC(Nc1nc(Cl)nc(NC(CCC)C2CC(C)(C)N(OC(C)c3ccccc3)C(C)(C)C2)n1)C1CC(C)(C)N(OC(C)c2ccccc2)C(C)(C)C1. The number of rotatable bonds is 16. The summed E-state index contributed by atoms with van der Waals surface area (Å²) >= 11 is 6.67. The Bertz CT molecular complexity index is 1500. The van der Waals surface area contributed by atoms with Gasteiger partial charge in [0.2, 0.25) is 17.2 Å². The molecular weight excluding hydrogens is 706 g/mol. The molecule has 10 heteroatoms. The van der Waals surface area contributed by atoms with Gasteiger partial charge >= 0.3 is 0 Å². The first kappa shape index (κ1) is 43.3. The maximum atomic E-state index is 6.76. The molecule has 1 aromatic heterocycles. The summed E-state index contributed by atoms with van der Waals surface area (Å²) in [6.07, 6.45) is 7.86. The van der Waals surface area contributed by atoms with Crippen molar-refractivity contribution in [3.63, 3.8) is 0 Å². The maximum Gasteiger partial charge on any atom is 0.229 e. The molecule has 3 heterocycles. The summed E-state index contributed by atoms with van der Waals surface area (Å²) in [4.78, 5) is 27.8. The highest BCUT2D eigenvalue weighted by Crippen LogP contribution is 2.47. The van der Waals surface area contributed by atoms with Crippen LogP contribution in [0.5, 0.6) is 0 Å². The fraction of sp³-hybridized carbons (Fsp3) is 0.667. The van der Waals surface area contributed by atoms with Crippen molar-refractivity contribution in [3.05, 3.63) is 77.1 Å². The molecule has 55 heavy (non-hydrogen) atoms. The summed E-state index contributed by atoms with van der Waals surface area (Å²) in [5.41, 5.74) is 1.59. The number of benzene rings is 2. The zero-order chi connectivity index (χ0) is 40.2. The van der Waals surface area contributed by atoms with Gasteiger partial charge in [0.15, 0.2) is 0 Å². The normalized spacial score (nSPS) is 22.4. The molecule has 0 radical (unpaired) electrons. The number of hydrogen-bond donors (Lipinski definition) is 2. The Morgan fingerprint density at radius 3 is 1.24 bits per heavy atom. The van der Waals surface area contributed by atoms with E-state index < -0.39 is 0 Å². The number of hydroxylamine groups is 4. The molecule has 3 aromatic rings. The Morgan fingerprint density at radius 2 is 0.927 bits per heavy atom. The van der Waals surface area contributed by atoms with Crippen LogP contribution in [0.25, 0.3) is 0 Å².